The van der Waals surface area contributed by atoms with Crippen LogP contribution < -0.4 is 5.32 Å². The maximum atomic E-state index is 12.0. The minimum atomic E-state index is -0.114. The second-order valence-corrected chi connectivity index (χ2v) is 4.60. The quantitative estimate of drug-likeness (QED) is 0.841. The summed E-state index contributed by atoms with van der Waals surface area (Å²) in [7, 11) is 0. The van der Waals surface area contributed by atoms with Crippen molar-refractivity contribution in [3.8, 4) is 0 Å². The Bertz CT molecular complexity index is 422. The van der Waals surface area contributed by atoms with Crippen LogP contribution in [0.2, 0.25) is 0 Å². The van der Waals surface area contributed by atoms with Gasteiger partial charge in [-0.15, -0.1) is 0 Å². The van der Waals surface area contributed by atoms with E-state index in [1.54, 1.807) is 11.1 Å². The Labute approximate surface area is 107 Å². The van der Waals surface area contributed by atoms with Crippen LogP contribution in [-0.2, 0) is 6.54 Å². The molecule has 2 rings (SSSR count). The van der Waals surface area contributed by atoms with Gasteiger partial charge in [-0.25, -0.2) is 4.79 Å². The molecule has 0 spiro atoms. The number of urea groups is 1. The normalized spacial score (nSPS) is 19.0. The average molecular weight is 249 g/mol. The lowest BCUT2D eigenvalue weighted by atomic mass is 10.2. The number of aromatic nitrogens is 1. The lowest BCUT2D eigenvalue weighted by Gasteiger charge is -2.23. The summed E-state index contributed by atoms with van der Waals surface area (Å²) in [5, 5.41) is 12.0. The first-order chi connectivity index (χ1) is 8.72. The van der Waals surface area contributed by atoms with Crippen molar-refractivity contribution >= 4 is 6.03 Å². The zero-order chi connectivity index (χ0) is 13.0. The number of carbonyl (C=O) groups excluding carboxylic acids is 1. The molecule has 0 aromatic carbocycles. The van der Waals surface area contributed by atoms with E-state index in [-0.39, 0.29) is 18.7 Å². The van der Waals surface area contributed by atoms with Crippen LogP contribution in [0.4, 0.5) is 4.79 Å². The van der Waals surface area contributed by atoms with E-state index in [2.05, 4.69) is 10.3 Å². The van der Waals surface area contributed by atoms with Gasteiger partial charge in [-0.05, 0) is 31.4 Å². The van der Waals surface area contributed by atoms with Crippen molar-refractivity contribution in [3.63, 3.8) is 0 Å². The SMILES string of the molecule is Cc1cccnc1CNC(=O)N1CCCC1CO. The van der Waals surface area contributed by atoms with E-state index >= 15 is 0 Å². The minimum Gasteiger partial charge on any atom is -0.394 e. The summed E-state index contributed by atoms with van der Waals surface area (Å²) in [4.78, 5) is 17.9. The van der Waals surface area contributed by atoms with Crippen molar-refractivity contribution in [2.75, 3.05) is 13.2 Å². The average Bonchev–Trinajstić information content (AvgIpc) is 2.86. The van der Waals surface area contributed by atoms with Crippen molar-refractivity contribution in [2.45, 2.75) is 32.4 Å². The van der Waals surface area contributed by atoms with E-state index in [0.29, 0.717) is 6.54 Å². The van der Waals surface area contributed by atoms with Crippen LogP contribution >= 0.6 is 0 Å². The molecule has 0 aliphatic carbocycles. The second kappa shape index (κ2) is 5.82. The van der Waals surface area contributed by atoms with Gasteiger partial charge in [0.1, 0.15) is 0 Å². The molecule has 2 heterocycles. The highest BCUT2D eigenvalue weighted by atomic mass is 16.3. The van der Waals surface area contributed by atoms with Gasteiger partial charge in [0.25, 0.3) is 0 Å². The first-order valence-electron chi connectivity index (χ1n) is 6.28. The van der Waals surface area contributed by atoms with E-state index < -0.39 is 0 Å². The molecule has 1 unspecified atom stereocenters. The summed E-state index contributed by atoms with van der Waals surface area (Å²) in [5.41, 5.74) is 1.95. The van der Waals surface area contributed by atoms with Gasteiger partial charge in [-0.3, -0.25) is 4.98 Å². The standard InChI is InChI=1S/C13H19N3O2/c1-10-4-2-6-14-12(10)8-15-13(18)16-7-3-5-11(16)9-17/h2,4,6,11,17H,3,5,7-9H2,1H3,(H,15,18). The van der Waals surface area contributed by atoms with Gasteiger partial charge in [-0.2, -0.15) is 0 Å². The Hall–Kier alpha value is -1.62. The maximum Gasteiger partial charge on any atom is 0.318 e. The van der Waals surface area contributed by atoms with E-state index in [1.165, 1.54) is 0 Å². The van der Waals surface area contributed by atoms with Crippen LogP contribution in [0.15, 0.2) is 18.3 Å². The molecule has 0 saturated carbocycles. The van der Waals surface area contributed by atoms with Crippen LogP contribution in [0, 0.1) is 6.92 Å². The number of aliphatic hydroxyl groups excluding tert-OH is 1. The number of hydrogen-bond acceptors (Lipinski definition) is 3. The number of nitrogens with zero attached hydrogens (tertiary/aromatic N) is 2. The van der Waals surface area contributed by atoms with Crippen LogP contribution in [0.1, 0.15) is 24.1 Å². The zero-order valence-electron chi connectivity index (χ0n) is 10.6. The fourth-order valence-electron chi connectivity index (χ4n) is 2.26. The molecule has 1 aromatic heterocycles. The van der Waals surface area contributed by atoms with E-state index in [0.717, 1.165) is 30.6 Å². The number of pyridine rings is 1. The topological polar surface area (TPSA) is 65.5 Å². The summed E-state index contributed by atoms with van der Waals surface area (Å²) in [5.74, 6) is 0. The molecule has 1 atom stereocenters. The van der Waals surface area contributed by atoms with Crippen LogP contribution in [0.25, 0.3) is 0 Å². The number of amides is 2. The molecular formula is C13H19N3O2. The van der Waals surface area contributed by atoms with Crippen molar-refractivity contribution in [3.05, 3.63) is 29.6 Å². The van der Waals surface area contributed by atoms with Gasteiger partial charge in [0.15, 0.2) is 0 Å². The van der Waals surface area contributed by atoms with Gasteiger partial charge in [0.2, 0.25) is 0 Å². The number of aryl methyl sites for hydroxylation is 1. The number of hydrogen-bond donors (Lipinski definition) is 2. The van der Waals surface area contributed by atoms with Crippen molar-refractivity contribution in [1.29, 1.82) is 0 Å². The number of nitrogens with one attached hydrogen (secondary N) is 1. The zero-order valence-corrected chi connectivity index (χ0v) is 10.6. The van der Waals surface area contributed by atoms with Gasteiger partial charge < -0.3 is 15.3 Å². The molecule has 5 nitrogen and oxygen atoms in total. The van der Waals surface area contributed by atoms with E-state index in [9.17, 15) is 9.90 Å². The molecule has 1 aliphatic heterocycles. The van der Waals surface area contributed by atoms with Crippen LogP contribution in [0.3, 0.4) is 0 Å². The smallest absolute Gasteiger partial charge is 0.318 e. The van der Waals surface area contributed by atoms with Gasteiger partial charge >= 0.3 is 6.03 Å². The first kappa shape index (κ1) is 12.8. The van der Waals surface area contributed by atoms with E-state index in [4.69, 9.17) is 0 Å². The molecule has 2 amide bonds. The molecule has 0 bridgehead atoms. The third-order valence-electron chi connectivity index (χ3n) is 3.37. The lowest BCUT2D eigenvalue weighted by molar-refractivity contribution is 0.157. The van der Waals surface area contributed by atoms with Crippen LogP contribution in [-0.4, -0.2) is 40.2 Å². The molecule has 0 radical (unpaired) electrons. The van der Waals surface area contributed by atoms with Crippen molar-refractivity contribution in [2.24, 2.45) is 0 Å². The summed E-state index contributed by atoms with van der Waals surface area (Å²) >= 11 is 0. The predicted molar refractivity (Wildman–Crippen MR) is 68.0 cm³/mol. The molecule has 1 fully saturated rings. The fraction of sp³-hybridized carbons (Fsp3) is 0.538. The Balaban J connectivity index is 1.90. The largest absolute Gasteiger partial charge is 0.394 e. The maximum absolute atomic E-state index is 12.0. The van der Waals surface area contributed by atoms with Crippen LogP contribution in [0.5, 0.6) is 0 Å². The third kappa shape index (κ3) is 2.79. The molecule has 5 heteroatoms. The highest BCUT2D eigenvalue weighted by molar-refractivity contribution is 5.74. The minimum absolute atomic E-state index is 0.0326. The second-order valence-electron chi connectivity index (χ2n) is 4.60. The van der Waals surface area contributed by atoms with Gasteiger partial charge in [-0.1, -0.05) is 6.07 Å². The summed E-state index contributed by atoms with van der Waals surface area (Å²) < 4.78 is 0. The monoisotopic (exact) mass is 249 g/mol. The summed E-state index contributed by atoms with van der Waals surface area (Å²) in [6, 6.07) is 3.70. The van der Waals surface area contributed by atoms with Crippen molar-refractivity contribution < 1.29 is 9.90 Å². The summed E-state index contributed by atoms with van der Waals surface area (Å²) in [6.45, 7) is 3.16. The Kier molecular flexibility index (Phi) is 4.15. The van der Waals surface area contributed by atoms with Crippen molar-refractivity contribution in [1.82, 2.24) is 15.2 Å². The lowest BCUT2D eigenvalue weighted by Crippen LogP contribution is -2.44. The number of rotatable bonds is 3. The number of carbonyl (C=O) groups is 1. The van der Waals surface area contributed by atoms with Gasteiger partial charge in [0, 0.05) is 12.7 Å². The molecule has 1 aliphatic rings. The molecule has 98 valence electrons. The fourth-order valence-corrected chi connectivity index (χ4v) is 2.26. The first-order valence-corrected chi connectivity index (χ1v) is 6.28. The molecule has 1 saturated heterocycles. The molecule has 1 aromatic rings. The van der Waals surface area contributed by atoms with Gasteiger partial charge in [0.05, 0.1) is 24.9 Å². The molecule has 2 N–H and O–H groups in total. The summed E-state index contributed by atoms with van der Waals surface area (Å²) in [6.07, 6.45) is 3.56. The molecular weight excluding hydrogens is 230 g/mol. The predicted octanol–water partition coefficient (Wildman–Crippen LogP) is 1.06. The molecule has 18 heavy (non-hydrogen) atoms. The Morgan fingerprint density at radius 2 is 2.50 bits per heavy atom. The number of likely N-dealkylation sites (tertiary alicyclic amines) is 1. The van der Waals surface area contributed by atoms with E-state index in [1.807, 2.05) is 19.1 Å². The highest BCUT2D eigenvalue weighted by Crippen LogP contribution is 2.16. The Morgan fingerprint density at radius 1 is 1.67 bits per heavy atom. The Morgan fingerprint density at radius 3 is 3.22 bits per heavy atom. The highest BCUT2D eigenvalue weighted by Gasteiger charge is 2.27. The third-order valence-corrected chi connectivity index (χ3v) is 3.37. The number of aliphatic hydroxyl groups is 1.